The molecule has 0 bridgehead atoms. The van der Waals surface area contributed by atoms with Gasteiger partial charge in [0.15, 0.2) is 0 Å². The summed E-state index contributed by atoms with van der Waals surface area (Å²) in [5, 5.41) is 0. The summed E-state index contributed by atoms with van der Waals surface area (Å²) in [6.45, 7) is 2.12. The average Bonchev–Trinajstić information content (AvgIpc) is 2.67. The van der Waals surface area contributed by atoms with Crippen LogP contribution in [0.15, 0.2) is 41.3 Å². The van der Waals surface area contributed by atoms with Gasteiger partial charge in [-0.15, -0.1) is 0 Å². The van der Waals surface area contributed by atoms with Crippen LogP contribution >= 0.6 is 0 Å². The predicted octanol–water partition coefficient (Wildman–Crippen LogP) is 2.90. The summed E-state index contributed by atoms with van der Waals surface area (Å²) < 4.78 is 5.41. The Morgan fingerprint density at radius 3 is 2.69 bits per heavy atom. The van der Waals surface area contributed by atoms with Gasteiger partial charge in [-0.3, -0.25) is 4.98 Å². The van der Waals surface area contributed by atoms with Crippen molar-refractivity contribution in [1.29, 1.82) is 0 Å². The number of rotatable bonds is 2. The molecule has 0 unspecified atom stereocenters. The highest BCUT2D eigenvalue weighted by atomic mass is 16.3. The van der Waals surface area contributed by atoms with Gasteiger partial charge in [0, 0.05) is 18.0 Å². The summed E-state index contributed by atoms with van der Waals surface area (Å²) in [5.74, 6) is 0.963. The molecule has 0 radical (unpaired) electrons. The first kappa shape index (κ1) is 8.05. The number of pyridine rings is 1. The summed E-state index contributed by atoms with van der Waals surface area (Å²) in [6, 6.07) is 5.92. The fourth-order valence-corrected chi connectivity index (χ4v) is 1.37. The number of aromatic nitrogens is 1. The Kier molecular flexibility index (Phi) is 2.13. The number of furan rings is 1. The van der Waals surface area contributed by atoms with Crippen molar-refractivity contribution in [2.24, 2.45) is 0 Å². The Hall–Kier alpha value is -1.57. The summed E-state index contributed by atoms with van der Waals surface area (Å²) >= 11 is 0. The summed E-state index contributed by atoms with van der Waals surface area (Å²) in [5.41, 5.74) is 2.34. The zero-order valence-electron chi connectivity index (χ0n) is 7.53. The van der Waals surface area contributed by atoms with E-state index < -0.39 is 0 Å². The molecule has 0 spiro atoms. The maximum atomic E-state index is 5.41. The first-order valence-electron chi connectivity index (χ1n) is 4.38. The number of aryl methyl sites for hydroxylation is 1. The molecular weight excluding hydrogens is 162 g/mol. The highest BCUT2D eigenvalue weighted by Gasteiger charge is 2.05. The number of nitrogens with zero attached hydrogens (tertiary/aromatic N) is 1. The molecule has 0 aliphatic rings. The monoisotopic (exact) mass is 173 g/mol. The van der Waals surface area contributed by atoms with Gasteiger partial charge in [-0.05, 0) is 30.2 Å². The van der Waals surface area contributed by atoms with E-state index in [1.807, 2.05) is 18.2 Å². The van der Waals surface area contributed by atoms with Crippen LogP contribution in [-0.4, -0.2) is 4.98 Å². The van der Waals surface area contributed by atoms with Gasteiger partial charge in [-0.2, -0.15) is 0 Å². The Balaban J connectivity index is 2.47. The van der Waals surface area contributed by atoms with Crippen molar-refractivity contribution in [2.75, 3.05) is 0 Å². The quantitative estimate of drug-likeness (QED) is 0.697. The van der Waals surface area contributed by atoms with E-state index >= 15 is 0 Å². The lowest BCUT2D eigenvalue weighted by atomic mass is 10.1. The van der Waals surface area contributed by atoms with Crippen molar-refractivity contribution in [3.8, 4) is 11.3 Å². The molecule has 2 aromatic rings. The van der Waals surface area contributed by atoms with Crippen LogP contribution in [0.5, 0.6) is 0 Å². The molecule has 2 aromatic heterocycles. The molecule has 0 N–H and O–H groups in total. The van der Waals surface area contributed by atoms with Crippen LogP contribution in [0.25, 0.3) is 11.3 Å². The molecule has 0 aliphatic heterocycles. The topological polar surface area (TPSA) is 26.0 Å². The molecule has 66 valence electrons. The van der Waals surface area contributed by atoms with Gasteiger partial charge in [0.2, 0.25) is 0 Å². The summed E-state index contributed by atoms with van der Waals surface area (Å²) in [7, 11) is 0. The van der Waals surface area contributed by atoms with Crippen molar-refractivity contribution >= 4 is 0 Å². The standard InChI is InChI=1S/C11H11NO/c1-2-9-5-8-13-11(9)10-3-6-12-7-4-10/h3-8H,2H2,1H3. The average molecular weight is 173 g/mol. The van der Waals surface area contributed by atoms with Crippen LogP contribution in [0, 0.1) is 0 Å². The predicted molar refractivity (Wildman–Crippen MR) is 51.3 cm³/mol. The first-order chi connectivity index (χ1) is 6.42. The van der Waals surface area contributed by atoms with Crippen molar-refractivity contribution < 1.29 is 4.42 Å². The second-order valence-corrected chi connectivity index (χ2v) is 2.86. The largest absolute Gasteiger partial charge is 0.464 e. The van der Waals surface area contributed by atoms with Crippen LogP contribution in [0.3, 0.4) is 0 Å². The third-order valence-electron chi connectivity index (χ3n) is 2.07. The second-order valence-electron chi connectivity index (χ2n) is 2.86. The molecule has 0 fully saturated rings. The lowest BCUT2D eigenvalue weighted by Crippen LogP contribution is -1.81. The van der Waals surface area contributed by atoms with E-state index in [1.165, 1.54) is 5.56 Å². The molecule has 0 aromatic carbocycles. The first-order valence-corrected chi connectivity index (χ1v) is 4.38. The molecule has 2 heteroatoms. The van der Waals surface area contributed by atoms with Gasteiger partial charge in [0.25, 0.3) is 0 Å². The van der Waals surface area contributed by atoms with Gasteiger partial charge < -0.3 is 4.42 Å². The van der Waals surface area contributed by atoms with Crippen LogP contribution < -0.4 is 0 Å². The normalized spacial score (nSPS) is 10.2. The zero-order chi connectivity index (χ0) is 9.10. The second kappa shape index (κ2) is 3.44. The highest BCUT2D eigenvalue weighted by Crippen LogP contribution is 2.24. The van der Waals surface area contributed by atoms with Gasteiger partial charge in [-0.25, -0.2) is 0 Å². The number of hydrogen-bond acceptors (Lipinski definition) is 2. The Morgan fingerprint density at radius 1 is 1.23 bits per heavy atom. The Labute approximate surface area is 77.2 Å². The van der Waals surface area contributed by atoms with Crippen molar-refractivity contribution in [2.45, 2.75) is 13.3 Å². The lowest BCUT2D eigenvalue weighted by molar-refractivity contribution is 0.579. The van der Waals surface area contributed by atoms with E-state index in [-0.39, 0.29) is 0 Å². The van der Waals surface area contributed by atoms with E-state index in [9.17, 15) is 0 Å². The molecule has 0 saturated carbocycles. The van der Waals surface area contributed by atoms with Gasteiger partial charge in [0.1, 0.15) is 5.76 Å². The van der Waals surface area contributed by atoms with Gasteiger partial charge in [-0.1, -0.05) is 6.92 Å². The molecule has 0 aliphatic carbocycles. The molecule has 2 rings (SSSR count). The Bertz CT molecular complexity index is 378. The lowest BCUT2D eigenvalue weighted by Gasteiger charge is -1.98. The van der Waals surface area contributed by atoms with Crippen molar-refractivity contribution in [1.82, 2.24) is 4.98 Å². The zero-order valence-corrected chi connectivity index (χ0v) is 7.53. The maximum Gasteiger partial charge on any atom is 0.137 e. The minimum Gasteiger partial charge on any atom is -0.464 e. The van der Waals surface area contributed by atoms with Crippen LogP contribution in [0.1, 0.15) is 12.5 Å². The summed E-state index contributed by atoms with van der Waals surface area (Å²) in [6.07, 6.45) is 6.28. The molecule has 0 saturated heterocycles. The van der Waals surface area contributed by atoms with Gasteiger partial charge in [0.05, 0.1) is 6.26 Å². The van der Waals surface area contributed by atoms with Crippen LogP contribution in [0.4, 0.5) is 0 Å². The van der Waals surface area contributed by atoms with E-state index in [0.29, 0.717) is 0 Å². The number of hydrogen-bond donors (Lipinski definition) is 0. The van der Waals surface area contributed by atoms with Gasteiger partial charge >= 0.3 is 0 Å². The molecule has 13 heavy (non-hydrogen) atoms. The molecular formula is C11H11NO. The fraction of sp³-hybridized carbons (Fsp3) is 0.182. The van der Waals surface area contributed by atoms with Crippen molar-refractivity contribution in [3.63, 3.8) is 0 Å². The van der Waals surface area contributed by atoms with Crippen LogP contribution in [-0.2, 0) is 6.42 Å². The van der Waals surface area contributed by atoms with E-state index in [0.717, 1.165) is 17.7 Å². The van der Waals surface area contributed by atoms with E-state index in [4.69, 9.17) is 4.42 Å². The van der Waals surface area contributed by atoms with E-state index in [2.05, 4.69) is 11.9 Å². The van der Waals surface area contributed by atoms with Crippen molar-refractivity contribution in [3.05, 3.63) is 42.4 Å². The summed E-state index contributed by atoms with van der Waals surface area (Å²) in [4.78, 5) is 3.97. The highest BCUT2D eigenvalue weighted by molar-refractivity contribution is 5.60. The molecule has 0 amide bonds. The van der Waals surface area contributed by atoms with E-state index in [1.54, 1.807) is 18.7 Å². The minimum absolute atomic E-state index is 0.963. The SMILES string of the molecule is CCc1ccoc1-c1ccncc1. The molecule has 2 nitrogen and oxygen atoms in total. The Morgan fingerprint density at radius 2 is 2.00 bits per heavy atom. The third-order valence-corrected chi connectivity index (χ3v) is 2.07. The smallest absolute Gasteiger partial charge is 0.137 e. The maximum absolute atomic E-state index is 5.41. The molecule has 0 atom stereocenters. The van der Waals surface area contributed by atoms with Crippen LogP contribution in [0.2, 0.25) is 0 Å². The minimum atomic E-state index is 0.963. The third kappa shape index (κ3) is 1.47. The fourth-order valence-electron chi connectivity index (χ4n) is 1.37. The molecule has 2 heterocycles.